The molecule has 1 fully saturated rings. The van der Waals surface area contributed by atoms with Crippen LogP contribution < -0.4 is 5.73 Å². The van der Waals surface area contributed by atoms with Crippen molar-refractivity contribution in [2.45, 2.75) is 37.8 Å². The first-order valence-corrected chi connectivity index (χ1v) is 7.22. The van der Waals surface area contributed by atoms with Gasteiger partial charge in [-0.15, -0.1) is 0 Å². The van der Waals surface area contributed by atoms with E-state index in [0.29, 0.717) is 20.6 Å². The molecule has 2 nitrogen and oxygen atoms in total. The van der Waals surface area contributed by atoms with Crippen molar-refractivity contribution in [2.75, 3.05) is 0 Å². The predicted molar refractivity (Wildman–Crippen MR) is 76.4 cm³/mol. The highest BCUT2D eigenvalue weighted by Crippen LogP contribution is 2.39. The van der Waals surface area contributed by atoms with Crippen LogP contribution >= 0.6 is 34.8 Å². The molecule has 18 heavy (non-hydrogen) atoms. The summed E-state index contributed by atoms with van der Waals surface area (Å²) in [6.07, 6.45) is 3.67. The third kappa shape index (κ3) is 2.78. The molecule has 1 aliphatic carbocycles. The molecule has 0 heterocycles. The lowest BCUT2D eigenvalue weighted by Gasteiger charge is -2.26. The van der Waals surface area contributed by atoms with Crippen LogP contribution in [-0.4, -0.2) is 11.2 Å². The Morgan fingerprint density at radius 1 is 1.11 bits per heavy atom. The van der Waals surface area contributed by atoms with Gasteiger partial charge < -0.3 is 10.8 Å². The minimum absolute atomic E-state index is 0.228. The molecular formula is C13H16Cl3NO. The standard InChI is InChI=1S/C13H16Cl3NO/c14-8-5-6-9(15)11(16)10(8)12(17)13(18)7-3-1-2-4-7/h5-7,12-13,18H,1-4,17H2/t12-,13+/m0/s1. The molecule has 0 aliphatic heterocycles. The average Bonchev–Trinajstić information content (AvgIpc) is 2.87. The zero-order valence-corrected chi connectivity index (χ0v) is 12.1. The normalized spacial score (nSPS) is 20.1. The van der Waals surface area contributed by atoms with Gasteiger partial charge in [-0.3, -0.25) is 0 Å². The van der Waals surface area contributed by atoms with Crippen LogP contribution in [0.5, 0.6) is 0 Å². The maximum atomic E-state index is 10.3. The highest BCUT2D eigenvalue weighted by atomic mass is 35.5. The fraction of sp³-hybridized carbons (Fsp3) is 0.538. The number of hydrogen-bond acceptors (Lipinski definition) is 2. The van der Waals surface area contributed by atoms with Crippen LogP contribution in [0.2, 0.25) is 15.1 Å². The molecule has 2 atom stereocenters. The third-order valence-electron chi connectivity index (χ3n) is 3.66. The molecule has 0 bridgehead atoms. The SMILES string of the molecule is N[C@@H](c1c(Cl)ccc(Cl)c1Cl)[C@H](O)C1CCCC1. The number of nitrogens with two attached hydrogens (primary N) is 1. The Morgan fingerprint density at radius 3 is 2.28 bits per heavy atom. The maximum Gasteiger partial charge on any atom is 0.0761 e. The third-order valence-corrected chi connectivity index (χ3v) is 4.81. The van der Waals surface area contributed by atoms with Crippen molar-refractivity contribution in [1.29, 1.82) is 0 Å². The van der Waals surface area contributed by atoms with E-state index in [4.69, 9.17) is 40.5 Å². The topological polar surface area (TPSA) is 46.2 Å². The van der Waals surface area contributed by atoms with Gasteiger partial charge in [-0.25, -0.2) is 0 Å². The van der Waals surface area contributed by atoms with Crippen LogP contribution in [-0.2, 0) is 0 Å². The molecule has 0 unspecified atom stereocenters. The van der Waals surface area contributed by atoms with Gasteiger partial charge in [-0.05, 0) is 30.9 Å². The lowest BCUT2D eigenvalue weighted by Crippen LogP contribution is -2.32. The van der Waals surface area contributed by atoms with E-state index >= 15 is 0 Å². The van der Waals surface area contributed by atoms with Crippen molar-refractivity contribution in [2.24, 2.45) is 11.7 Å². The second kappa shape index (κ2) is 5.98. The van der Waals surface area contributed by atoms with Crippen molar-refractivity contribution in [3.63, 3.8) is 0 Å². The zero-order valence-electron chi connectivity index (χ0n) is 9.87. The van der Waals surface area contributed by atoms with Gasteiger partial charge in [0.15, 0.2) is 0 Å². The minimum atomic E-state index is -0.624. The predicted octanol–water partition coefficient (Wildman–Crippen LogP) is 4.20. The number of halogens is 3. The van der Waals surface area contributed by atoms with Crippen molar-refractivity contribution < 1.29 is 5.11 Å². The second-order valence-electron chi connectivity index (χ2n) is 4.82. The number of rotatable bonds is 3. The summed E-state index contributed by atoms with van der Waals surface area (Å²) in [5.41, 5.74) is 6.66. The first-order chi connectivity index (χ1) is 8.52. The van der Waals surface area contributed by atoms with E-state index in [1.165, 1.54) is 0 Å². The molecule has 1 aliphatic rings. The van der Waals surface area contributed by atoms with E-state index in [2.05, 4.69) is 0 Å². The average molecular weight is 309 g/mol. The van der Waals surface area contributed by atoms with Crippen LogP contribution in [0.15, 0.2) is 12.1 Å². The Labute approximate surface area is 122 Å². The first kappa shape index (κ1) is 14.4. The van der Waals surface area contributed by atoms with Crippen molar-refractivity contribution >= 4 is 34.8 Å². The zero-order chi connectivity index (χ0) is 13.3. The highest BCUT2D eigenvalue weighted by molar-refractivity contribution is 6.44. The van der Waals surface area contributed by atoms with E-state index in [0.717, 1.165) is 25.7 Å². The summed E-state index contributed by atoms with van der Waals surface area (Å²) in [5.74, 6) is 0.228. The molecule has 0 radical (unpaired) electrons. The van der Waals surface area contributed by atoms with E-state index in [-0.39, 0.29) is 5.92 Å². The molecule has 100 valence electrons. The summed E-state index contributed by atoms with van der Waals surface area (Å²) < 4.78 is 0. The molecule has 0 saturated heterocycles. The molecule has 0 aromatic heterocycles. The lowest BCUT2D eigenvalue weighted by atomic mass is 9.91. The van der Waals surface area contributed by atoms with Gasteiger partial charge in [-0.2, -0.15) is 0 Å². The van der Waals surface area contributed by atoms with Crippen LogP contribution in [0.1, 0.15) is 37.3 Å². The highest BCUT2D eigenvalue weighted by Gasteiger charge is 2.31. The van der Waals surface area contributed by atoms with Gasteiger partial charge in [0.05, 0.1) is 22.2 Å². The van der Waals surface area contributed by atoms with Crippen LogP contribution in [0.3, 0.4) is 0 Å². The number of aliphatic hydroxyl groups is 1. The summed E-state index contributed by atoms with van der Waals surface area (Å²) in [5, 5.41) is 11.5. The number of hydrogen-bond donors (Lipinski definition) is 2. The Hall–Kier alpha value is 0.01000. The fourth-order valence-corrected chi connectivity index (χ4v) is 3.40. The van der Waals surface area contributed by atoms with Gasteiger partial charge in [0.1, 0.15) is 0 Å². The Morgan fingerprint density at radius 2 is 1.67 bits per heavy atom. The van der Waals surface area contributed by atoms with Crippen LogP contribution in [0, 0.1) is 5.92 Å². The van der Waals surface area contributed by atoms with Gasteiger partial charge in [0.25, 0.3) is 0 Å². The summed E-state index contributed by atoms with van der Waals surface area (Å²) in [7, 11) is 0. The molecule has 1 aromatic carbocycles. The first-order valence-electron chi connectivity index (χ1n) is 6.09. The van der Waals surface area contributed by atoms with E-state index in [1.807, 2.05) is 0 Å². The summed E-state index contributed by atoms with van der Waals surface area (Å²) in [4.78, 5) is 0. The molecular weight excluding hydrogens is 293 g/mol. The van der Waals surface area contributed by atoms with Gasteiger partial charge in [-0.1, -0.05) is 47.6 Å². The molecule has 0 spiro atoms. The molecule has 1 saturated carbocycles. The molecule has 0 amide bonds. The lowest BCUT2D eigenvalue weighted by molar-refractivity contribution is 0.0845. The number of aliphatic hydroxyl groups excluding tert-OH is 1. The van der Waals surface area contributed by atoms with Crippen molar-refractivity contribution in [3.05, 3.63) is 32.8 Å². The summed E-state index contributed by atoms with van der Waals surface area (Å²) in [6, 6.07) is 2.70. The molecule has 2 rings (SSSR count). The molecule has 1 aromatic rings. The van der Waals surface area contributed by atoms with Gasteiger partial charge >= 0.3 is 0 Å². The summed E-state index contributed by atoms with van der Waals surface area (Å²) >= 11 is 18.2. The quantitative estimate of drug-likeness (QED) is 0.822. The Bertz CT molecular complexity index is 432. The van der Waals surface area contributed by atoms with Crippen molar-refractivity contribution in [3.8, 4) is 0 Å². The maximum absolute atomic E-state index is 10.3. The molecule has 3 N–H and O–H groups in total. The van der Waals surface area contributed by atoms with Crippen LogP contribution in [0.4, 0.5) is 0 Å². The Kier molecular flexibility index (Phi) is 4.79. The smallest absolute Gasteiger partial charge is 0.0761 e. The van der Waals surface area contributed by atoms with E-state index in [9.17, 15) is 5.11 Å². The minimum Gasteiger partial charge on any atom is -0.391 e. The largest absolute Gasteiger partial charge is 0.391 e. The Balaban J connectivity index is 2.27. The second-order valence-corrected chi connectivity index (χ2v) is 6.01. The van der Waals surface area contributed by atoms with E-state index < -0.39 is 12.1 Å². The van der Waals surface area contributed by atoms with Crippen molar-refractivity contribution in [1.82, 2.24) is 0 Å². The molecule has 5 heteroatoms. The van der Waals surface area contributed by atoms with Crippen LogP contribution in [0.25, 0.3) is 0 Å². The number of benzene rings is 1. The fourth-order valence-electron chi connectivity index (χ4n) is 2.61. The van der Waals surface area contributed by atoms with E-state index in [1.54, 1.807) is 12.1 Å². The monoisotopic (exact) mass is 307 g/mol. The summed E-state index contributed by atoms with van der Waals surface area (Å²) in [6.45, 7) is 0. The van der Waals surface area contributed by atoms with Gasteiger partial charge in [0, 0.05) is 10.6 Å². The van der Waals surface area contributed by atoms with Gasteiger partial charge in [0.2, 0.25) is 0 Å².